The predicted octanol–water partition coefficient (Wildman–Crippen LogP) is 1.77. The Hall–Kier alpha value is -1.24. The summed E-state index contributed by atoms with van der Waals surface area (Å²) in [4.78, 5) is 23.6. The van der Waals surface area contributed by atoms with E-state index in [1.165, 1.54) is 13.2 Å². The topological polar surface area (TPSA) is 67.4 Å². The molecule has 0 bridgehead atoms. The Kier molecular flexibility index (Phi) is 5.28. The fraction of sp³-hybridized carbons (Fsp3) is 0.385. The first kappa shape index (κ1) is 15.2. The number of carbonyl (C=O) groups excluding carboxylic acids is 2. The summed E-state index contributed by atoms with van der Waals surface area (Å²) >= 11 is 7.76. The number of benzene rings is 1. The lowest BCUT2D eigenvalue weighted by atomic mass is 10.2. The monoisotopic (exact) mass is 314 g/mol. The Bertz CT molecular complexity index is 518. The molecule has 1 aliphatic rings. The van der Waals surface area contributed by atoms with Crippen LogP contribution in [0.4, 0.5) is 5.69 Å². The van der Waals surface area contributed by atoms with Gasteiger partial charge in [0.15, 0.2) is 0 Å². The molecule has 0 radical (unpaired) electrons. The van der Waals surface area contributed by atoms with Gasteiger partial charge in [0.1, 0.15) is 0 Å². The van der Waals surface area contributed by atoms with Crippen LogP contribution in [0.25, 0.3) is 0 Å². The molecule has 1 saturated heterocycles. The van der Waals surface area contributed by atoms with Gasteiger partial charge < -0.3 is 15.4 Å². The minimum Gasteiger partial charge on any atom is -0.465 e. The molecule has 108 valence electrons. The van der Waals surface area contributed by atoms with Crippen LogP contribution in [0.2, 0.25) is 5.02 Å². The Morgan fingerprint density at radius 2 is 2.30 bits per heavy atom. The third-order valence-electron chi connectivity index (χ3n) is 2.88. The largest absolute Gasteiger partial charge is 0.465 e. The molecule has 5 nitrogen and oxygen atoms in total. The van der Waals surface area contributed by atoms with Gasteiger partial charge in [-0.15, -0.1) is 0 Å². The van der Waals surface area contributed by atoms with E-state index >= 15 is 0 Å². The van der Waals surface area contributed by atoms with Gasteiger partial charge in [-0.25, -0.2) is 4.79 Å². The van der Waals surface area contributed by atoms with E-state index in [-0.39, 0.29) is 11.9 Å². The summed E-state index contributed by atoms with van der Waals surface area (Å²) in [6.45, 7) is 0.804. The van der Waals surface area contributed by atoms with Gasteiger partial charge in [0, 0.05) is 18.1 Å². The van der Waals surface area contributed by atoms with E-state index in [0.717, 1.165) is 18.1 Å². The van der Waals surface area contributed by atoms with E-state index in [9.17, 15) is 9.59 Å². The molecule has 0 aromatic heterocycles. The molecular weight excluding hydrogens is 300 g/mol. The van der Waals surface area contributed by atoms with Gasteiger partial charge in [-0.05, 0) is 18.2 Å². The molecule has 2 rings (SSSR count). The van der Waals surface area contributed by atoms with E-state index in [2.05, 4.69) is 15.4 Å². The van der Waals surface area contributed by atoms with Crippen LogP contribution in [0.5, 0.6) is 0 Å². The van der Waals surface area contributed by atoms with Crippen LogP contribution in [-0.2, 0) is 9.53 Å². The predicted molar refractivity (Wildman–Crippen MR) is 80.5 cm³/mol. The zero-order valence-electron chi connectivity index (χ0n) is 10.9. The van der Waals surface area contributed by atoms with Crippen molar-refractivity contribution in [1.29, 1.82) is 0 Å². The van der Waals surface area contributed by atoms with E-state index in [0.29, 0.717) is 16.3 Å². The number of thioether (sulfide) groups is 1. The van der Waals surface area contributed by atoms with Crippen LogP contribution in [0.3, 0.4) is 0 Å². The number of amides is 1. The van der Waals surface area contributed by atoms with Crippen LogP contribution >= 0.6 is 23.4 Å². The standard InChI is InChI=1S/C13H15ClN2O3S/c1-19-13(18)8-2-3-9(14)10(6-8)16-12(17)11-7-20-5-4-15-11/h2-3,6,11,15H,4-5,7H2,1H3,(H,16,17). The number of carbonyl (C=O) groups is 2. The second kappa shape index (κ2) is 6.97. The van der Waals surface area contributed by atoms with Crippen LogP contribution < -0.4 is 10.6 Å². The SMILES string of the molecule is COC(=O)c1ccc(Cl)c(NC(=O)C2CSCCN2)c1. The van der Waals surface area contributed by atoms with Crippen molar-refractivity contribution in [3.63, 3.8) is 0 Å². The average molecular weight is 315 g/mol. The number of ether oxygens (including phenoxy) is 1. The number of nitrogens with one attached hydrogen (secondary N) is 2. The van der Waals surface area contributed by atoms with E-state index in [1.54, 1.807) is 23.9 Å². The van der Waals surface area contributed by atoms with Crippen molar-refractivity contribution in [2.45, 2.75) is 6.04 Å². The lowest BCUT2D eigenvalue weighted by Crippen LogP contribution is -2.46. The van der Waals surface area contributed by atoms with Crippen LogP contribution in [0.15, 0.2) is 18.2 Å². The number of methoxy groups -OCH3 is 1. The van der Waals surface area contributed by atoms with Crippen molar-refractivity contribution in [2.75, 3.05) is 30.5 Å². The minimum atomic E-state index is -0.469. The first-order valence-corrected chi connectivity index (χ1v) is 7.65. The first-order chi connectivity index (χ1) is 9.61. The molecule has 1 fully saturated rings. The number of hydrogen-bond acceptors (Lipinski definition) is 5. The third-order valence-corrected chi connectivity index (χ3v) is 4.27. The Morgan fingerprint density at radius 3 is 2.95 bits per heavy atom. The summed E-state index contributed by atoms with van der Waals surface area (Å²) in [5.74, 6) is 1.10. The fourth-order valence-electron chi connectivity index (χ4n) is 1.82. The Morgan fingerprint density at radius 1 is 1.50 bits per heavy atom. The molecule has 7 heteroatoms. The normalized spacial score (nSPS) is 18.4. The van der Waals surface area contributed by atoms with Gasteiger partial charge >= 0.3 is 5.97 Å². The van der Waals surface area contributed by atoms with Gasteiger partial charge in [0.25, 0.3) is 0 Å². The van der Waals surface area contributed by atoms with Gasteiger partial charge in [-0.2, -0.15) is 11.8 Å². The molecule has 2 N–H and O–H groups in total. The number of anilines is 1. The number of halogens is 1. The van der Waals surface area contributed by atoms with Gasteiger partial charge in [0.05, 0.1) is 29.4 Å². The molecule has 1 atom stereocenters. The maximum atomic E-state index is 12.1. The quantitative estimate of drug-likeness (QED) is 0.832. The third kappa shape index (κ3) is 3.65. The van der Waals surface area contributed by atoms with E-state index in [1.807, 2.05) is 0 Å². The smallest absolute Gasteiger partial charge is 0.337 e. The summed E-state index contributed by atoms with van der Waals surface area (Å²) in [6, 6.07) is 4.39. The molecule has 1 aromatic rings. The van der Waals surface area contributed by atoms with Gasteiger partial charge in [-0.3, -0.25) is 4.79 Å². The second-order valence-corrected chi connectivity index (χ2v) is 5.81. The van der Waals surface area contributed by atoms with Crippen molar-refractivity contribution < 1.29 is 14.3 Å². The molecule has 0 aliphatic carbocycles. The summed E-state index contributed by atoms with van der Waals surface area (Å²) in [5.41, 5.74) is 0.759. The van der Waals surface area contributed by atoms with E-state index < -0.39 is 5.97 Å². The summed E-state index contributed by atoms with van der Waals surface area (Å²) in [7, 11) is 1.30. The van der Waals surface area contributed by atoms with Crippen molar-refractivity contribution in [2.24, 2.45) is 0 Å². The zero-order chi connectivity index (χ0) is 14.5. The molecular formula is C13H15ClN2O3S. The Labute approximate surface area is 126 Å². The number of rotatable bonds is 3. The maximum absolute atomic E-state index is 12.1. The van der Waals surface area contributed by atoms with Crippen molar-refractivity contribution in [1.82, 2.24) is 5.32 Å². The van der Waals surface area contributed by atoms with Crippen LogP contribution in [-0.4, -0.2) is 43.1 Å². The fourth-order valence-corrected chi connectivity index (χ4v) is 2.92. The highest BCUT2D eigenvalue weighted by molar-refractivity contribution is 7.99. The minimum absolute atomic E-state index is 0.152. The second-order valence-electron chi connectivity index (χ2n) is 4.26. The highest BCUT2D eigenvalue weighted by Gasteiger charge is 2.22. The molecule has 1 aliphatic heterocycles. The molecule has 0 spiro atoms. The average Bonchev–Trinajstić information content (AvgIpc) is 2.49. The molecule has 0 saturated carbocycles. The highest BCUT2D eigenvalue weighted by atomic mass is 35.5. The first-order valence-electron chi connectivity index (χ1n) is 6.11. The van der Waals surface area contributed by atoms with Crippen molar-refractivity contribution in [3.8, 4) is 0 Å². The van der Waals surface area contributed by atoms with E-state index in [4.69, 9.17) is 11.6 Å². The number of esters is 1. The molecule has 1 aromatic carbocycles. The van der Waals surface area contributed by atoms with Crippen LogP contribution in [0, 0.1) is 0 Å². The summed E-state index contributed by atoms with van der Waals surface area (Å²) in [6.07, 6.45) is 0. The maximum Gasteiger partial charge on any atom is 0.337 e. The molecule has 20 heavy (non-hydrogen) atoms. The van der Waals surface area contributed by atoms with Crippen molar-refractivity contribution >= 4 is 40.9 Å². The molecule has 1 unspecified atom stereocenters. The summed E-state index contributed by atoms with van der Waals surface area (Å²) in [5, 5.41) is 6.27. The lowest BCUT2D eigenvalue weighted by molar-refractivity contribution is -0.117. The highest BCUT2D eigenvalue weighted by Crippen LogP contribution is 2.24. The molecule has 1 amide bonds. The zero-order valence-corrected chi connectivity index (χ0v) is 12.5. The lowest BCUT2D eigenvalue weighted by Gasteiger charge is -2.22. The van der Waals surface area contributed by atoms with Gasteiger partial charge in [-0.1, -0.05) is 11.6 Å². The summed E-state index contributed by atoms with van der Waals surface area (Å²) < 4.78 is 4.64. The van der Waals surface area contributed by atoms with Crippen LogP contribution in [0.1, 0.15) is 10.4 Å². The molecule has 1 heterocycles. The van der Waals surface area contributed by atoms with Crippen molar-refractivity contribution in [3.05, 3.63) is 28.8 Å². The van der Waals surface area contributed by atoms with Gasteiger partial charge in [0.2, 0.25) is 5.91 Å². The number of hydrogen-bond donors (Lipinski definition) is 2. The Balaban J connectivity index is 2.11.